The highest BCUT2D eigenvalue weighted by Gasteiger charge is 2.49. The monoisotopic (exact) mass is 255 g/mol. The molecule has 0 radical (unpaired) electrons. The van der Waals surface area contributed by atoms with Crippen molar-refractivity contribution >= 4 is 21.4 Å². The summed E-state index contributed by atoms with van der Waals surface area (Å²) < 4.78 is 28.3. The molecule has 1 aliphatic heterocycles. The lowest BCUT2D eigenvalue weighted by molar-refractivity contribution is -0.118. The maximum absolute atomic E-state index is 12.4. The van der Waals surface area contributed by atoms with E-state index in [1.54, 1.807) is 18.2 Å². The first-order valence-corrected chi connectivity index (χ1v) is 6.54. The second-order valence-corrected chi connectivity index (χ2v) is 6.74. The van der Waals surface area contributed by atoms with Gasteiger partial charge in [0.2, 0.25) is 5.91 Å². The summed E-state index contributed by atoms with van der Waals surface area (Å²) in [6.07, 6.45) is 0. The summed E-state index contributed by atoms with van der Waals surface area (Å²) in [5.74, 6) is -0.283. The van der Waals surface area contributed by atoms with Crippen LogP contribution in [0.2, 0.25) is 0 Å². The van der Waals surface area contributed by atoms with Gasteiger partial charge in [-0.15, -0.1) is 0 Å². The molecule has 0 spiro atoms. The van der Waals surface area contributed by atoms with Gasteiger partial charge in [-0.2, -0.15) is 0 Å². The first-order chi connectivity index (χ1) is 7.82. The molecular weight excluding hydrogens is 242 g/mol. The highest BCUT2D eigenvalue weighted by atomic mass is 32.2. The van der Waals surface area contributed by atoms with E-state index < -0.39 is 20.5 Å². The Hall–Kier alpha value is -1.56. The number of carbonyl (C=O) groups is 1. The molecule has 2 rings (SSSR count). The van der Waals surface area contributed by atoms with Crippen LogP contribution in [0.15, 0.2) is 23.1 Å². The Kier molecular flexibility index (Phi) is 2.43. The van der Waals surface area contributed by atoms with Crippen molar-refractivity contribution in [3.63, 3.8) is 0 Å². The standard InChI is InChI=1S/C11H13NO4S/c1-11(2)10(13)12-7-5-4-6-8(16-3)9(7)17(11,14)15/h4-6H,1-3H3,(H,12,13). The fourth-order valence-electron chi connectivity index (χ4n) is 1.70. The first kappa shape index (κ1) is 11.9. The fourth-order valence-corrected chi connectivity index (χ4v) is 3.33. The summed E-state index contributed by atoms with van der Waals surface area (Å²) in [4.78, 5) is 11.8. The number of hydrogen-bond acceptors (Lipinski definition) is 4. The average molecular weight is 255 g/mol. The third-order valence-electron chi connectivity index (χ3n) is 2.93. The lowest BCUT2D eigenvalue weighted by Crippen LogP contribution is -2.48. The number of rotatable bonds is 1. The molecule has 6 heteroatoms. The number of anilines is 1. The first-order valence-electron chi connectivity index (χ1n) is 5.05. The van der Waals surface area contributed by atoms with Gasteiger partial charge in [-0.25, -0.2) is 8.42 Å². The highest BCUT2D eigenvalue weighted by Crippen LogP contribution is 2.41. The van der Waals surface area contributed by atoms with Gasteiger partial charge in [-0.05, 0) is 26.0 Å². The summed E-state index contributed by atoms with van der Waals surface area (Å²) in [5.41, 5.74) is 0.272. The molecule has 0 saturated carbocycles. The van der Waals surface area contributed by atoms with E-state index in [2.05, 4.69) is 5.32 Å². The molecule has 0 saturated heterocycles. The number of methoxy groups -OCH3 is 1. The summed E-state index contributed by atoms with van der Waals surface area (Å²) in [6, 6.07) is 4.73. The molecule has 1 heterocycles. The molecule has 0 fully saturated rings. The molecule has 92 valence electrons. The smallest absolute Gasteiger partial charge is 0.245 e. The van der Waals surface area contributed by atoms with Crippen molar-refractivity contribution in [2.45, 2.75) is 23.5 Å². The number of fused-ring (bicyclic) bond motifs is 1. The summed E-state index contributed by atoms with van der Waals surface area (Å²) >= 11 is 0. The molecule has 1 N–H and O–H groups in total. The van der Waals surface area contributed by atoms with E-state index in [1.165, 1.54) is 21.0 Å². The minimum atomic E-state index is -3.75. The molecule has 1 aromatic carbocycles. The van der Waals surface area contributed by atoms with Crippen molar-refractivity contribution in [2.24, 2.45) is 0 Å². The van der Waals surface area contributed by atoms with Crippen LogP contribution in [-0.4, -0.2) is 26.2 Å². The van der Waals surface area contributed by atoms with E-state index in [1.807, 2.05) is 0 Å². The van der Waals surface area contributed by atoms with Crippen molar-refractivity contribution in [1.29, 1.82) is 0 Å². The van der Waals surface area contributed by atoms with Gasteiger partial charge in [0, 0.05) is 0 Å². The van der Waals surface area contributed by atoms with Crippen molar-refractivity contribution in [3.8, 4) is 5.75 Å². The van der Waals surface area contributed by atoms with E-state index >= 15 is 0 Å². The quantitative estimate of drug-likeness (QED) is 0.818. The topological polar surface area (TPSA) is 72.5 Å². The lowest BCUT2D eigenvalue weighted by Gasteiger charge is -2.31. The Balaban J connectivity index is 2.83. The summed E-state index contributed by atoms with van der Waals surface area (Å²) in [6.45, 7) is 2.76. The number of amides is 1. The second kappa shape index (κ2) is 3.46. The van der Waals surface area contributed by atoms with E-state index in [0.717, 1.165) is 0 Å². The zero-order valence-corrected chi connectivity index (χ0v) is 10.6. The Labute approximate surface area is 99.7 Å². The minimum Gasteiger partial charge on any atom is -0.495 e. The molecule has 0 atom stereocenters. The third-order valence-corrected chi connectivity index (χ3v) is 5.42. The van der Waals surface area contributed by atoms with Gasteiger partial charge >= 0.3 is 0 Å². The highest BCUT2D eigenvalue weighted by molar-refractivity contribution is 7.94. The van der Waals surface area contributed by atoms with Crippen LogP contribution in [0.3, 0.4) is 0 Å². The fraction of sp³-hybridized carbons (Fsp3) is 0.364. The molecule has 1 amide bonds. The van der Waals surface area contributed by atoms with Crippen molar-refractivity contribution in [2.75, 3.05) is 12.4 Å². The minimum absolute atomic E-state index is 0.0482. The van der Waals surface area contributed by atoms with E-state index in [4.69, 9.17) is 4.74 Å². The lowest BCUT2D eigenvalue weighted by atomic mass is 10.1. The number of hydrogen-bond donors (Lipinski definition) is 1. The SMILES string of the molecule is COc1cccc2c1S(=O)(=O)C(C)(C)C(=O)N2. The van der Waals surface area contributed by atoms with Crippen LogP contribution in [0.4, 0.5) is 5.69 Å². The third kappa shape index (κ3) is 1.44. The van der Waals surface area contributed by atoms with Crippen LogP contribution >= 0.6 is 0 Å². The van der Waals surface area contributed by atoms with Crippen LogP contribution < -0.4 is 10.1 Å². The largest absolute Gasteiger partial charge is 0.495 e. The maximum atomic E-state index is 12.4. The summed E-state index contributed by atoms with van der Waals surface area (Å²) in [5, 5.41) is 2.58. The summed E-state index contributed by atoms with van der Waals surface area (Å²) in [7, 11) is -2.35. The van der Waals surface area contributed by atoms with Crippen molar-refractivity contribution in [3.05, 3.63) is 18.2 Å². The van der Waals surface area contributed by atoms with Crippen LogP contribution in [-0.2, 0) is 14.6 Å². The predicted octanol–water partition coefficient (Wildman–Crippen LogP) is 1.20. The van der Waals surface area contributed by atoms with E-state index in [9.17, 15) is 13.2 Å². The van der Waals surface area contributed by atoms with Gasteiger partial charge in [-0.1, -0.05) is 6.07 Å². The van der Waals surface area contributed by atoms with Gasteiger partial charge < -0.3 is 10.1 Å². The van der Waals surface area contributed by atoms with Gasteiger partial charge in [0.05, 0.1) is 12.8 Å². The van der Waals surface area contributed by atoms with Gasteiger partial charge in [-0.3, -0.25) is 4.79 Å². The molecule has 17 heavy (non-hydrogen) atoms. The molecule has 1 aliphatic rings. The number of ether oxygens (including phenoxy) is 1. The predicted molar refractivity (Wildman–Crippen MR) is 62.9 cm³/mol. The zero-order chi connectivity index (χ0) is 12.8. The van der Waals surface area contributed by atoms with Crippen molar-refractivity contribution < 1.29 is 17.9 Å². The normalized spacial score (nSPS) is 20.3. The number of carbonyl (C=O) groups excluding carboxylic acids is 1. The van der Waals surface area contributed by atoms with Crippen LogP contribution in [0, 0.1) is 0 Å². The van der Waals surface area contributed by atoms with Crippen LogP contribution in [0.25, 0.3) is 0 Å². The zero-order valence-electron chi connectivity index (χ0n) is 9.77. The van der Waals surface area contributed by atoms with Crippen LogP contribution in [0.1, 0.15) is 13.8 Å². The van der Waals surface area contributed by atoms with Gasteiger partial charge in [0.25, 0.3) is 0 Å². The molecule has 0 unspecified atom stereocenters. The second-order valence-electron chi connectivity index (χ2n) is 4.30. The molecular formula is C11H13NO4S. The average Bonchev–Trinajstić information content (AvgIpc) is 2.26. The van der Waals surface area contributed by atoms with E-state index in [-0.39, 0.29) is 16.3 Å². The number of nitrogens with one attached hydrogen (secondary N) is 1. The Morgan fingerprint density at radius 1 is 1.29 bits per heavy atom. The molecule has 5 nitrogen and oxygen atoms in total. The molecule has 1 aromatic rings. The number of benzene rings is 1. The van der Waals surface area contributed by atoms with Gasteiger partial charge in [0.15, 0.2) is 9.84 Å². The van der Waals surface area contributed by atoms with Crippen LogP contribution in [0.5, 0.6) is 5.75 Å². The maximum Gasteiger partial charge on any atom is 0.245 e. The number of sulfone groups is 1. The van der Waals surface area contributed by atoms with Crippen molar-refractivity contribution in [1.82, 2.24) is 0 Å². The Morgan fingerprint density at radius 2 is 1.94 bits per heavy atom. The van der Waals surface area contributed by atoms with E-state index in [0.29, 0.717) is 0 Å². The Bertz CT molecular complexity index is 589. The molecule has 0 bridgehead atoms. The van der Waals surface area contributed by atoms with Gasteiger partial charge in [0.1, 0.15) is 15.4 Å². The molecule has 0 aromatic heterocycles. The molecule has 0 aliphatic carbocycles. The Morgan fingerprint density at radius 3 is 2.53 bits per heavy atom.